The molecular weight excluding hydrogens is 418 g/mol. The minimum Gasteiger partial charge on any atom is -0.497 e. The topological polar surface area (TPSA) is 120 Å². The second-order valence-electron chi connectivity index (χ2n) is 6.98. The van der Waals surface area contributed by atoms with Crippen molar-refractivity contribution in [3.63, 3.8) is 0 Å². The van der Waals surface area contributed by atoms with Gasteiger partial charge in [-0.2, -0.15) is 11.8 Å². The summed E-state index contributed by atoms with van der Waals surface area (Å²) in [5.41, 5.74) is 6.13. The highest BCUT2D eigenvalue weighted by Gasteiger charge is 2.22. The molecule has 1 heterocycles. The maximum absolute atomic E-state index is 13.0. The van der Waals surface area contributed by atoms with Crippen LogP contribution in [-0.4, -0.2) is 35.8 Å². The van der Waals surface area contributed by atoms with Gasteiger partial charge in [0, 0.05) is 23.1 Å². The summed E-state index contributed by atoms with van der Waals surface area (Å²) >= 11 is 1.44. The molecule has 1 unspecified atom stereocenters. The molecule has 0 aliphatic heterocycles. The maximum Gasteiger partial charge on any atom is 0.347 e. The number of thioether (sulfide) groups is 1. The van der Waals surface area contributed by atoms with Crippen molar-refractivity contribution in [1.29, 1.82) is 0 Å². The van der Waals surface area contributed by atoms with Crippen molar-refractivity contribution >= 4 is 34.5 Å². The van der Waals surface area contributed by atoms with Gasteiger partial charge in [-0.05, 0) is 35.9 Å². The first kappa shape index (κ1) is 22.6. The van der Waals surface area contributed by atoms with E-state index in [0.29, 0.717) is 22.5 Å². The number of carbonyl (C=O) groups is 2. The number of carboxylic acids is 1. The van der Waals surface area contributed by atoms with E-state index >= 15 is 0 Å². The summed E-state index contributed by atoms with van der Waals surface area (Å²) in [6.07, 6.45) is 0.348. The molecule has 0 spiro atoms. The first-order valence-electron chi connectivity index (χ1n) is 9.69. The van der Waals surface area contributed by atoms with Gasteiger partial charge < -0.3 is 20.0 Å². The number of aliphatic carboxylic acids is 1. The Labute approximate surface area is 183 Å². The fourth-order valence-electron chi connectivity index (χ4n) is 3.09. The number of ether oxygens (including phenoxy) is 1. The Balaban J connectivity index is 1.81. The summed E-state index contributed by atoms with van der Waals surface area (Å²) in [6, 6.07) is 15.0. The molecule has 3 N–H and O–H groups in total. The van der Waals surface area contributed by atoms with Crippen LogP contribution in [0.5, 0.6) is 5.75 Å². The van der Waals surface area contributed by atoms with Gasteiger partial charge in [-0.1, -0.05) is 30.3 Å². The van der Waals surface area contributed by atoms with E-state index in [1.54, 1.807) is 18.2 Å². The number of fused-ring (bicyclic) bond motifs is 1. The number of hydrogen-bond acceptors (Lipinski definition) is 7. The summed E-state index contributed by atoms with van der Waals surface area (Å²) in [5.74, 6) is -0.379. The minimum atomic E-state index is -1.06. The highest BCUT2D eigenvalue weighted by molar-refractivity contribution is 7.99. The average Bonchev–Trinajstić information content (AvgIpc) is 2.77. The van der Waals surface area contributed by atoms with E-state index in [1.165, 1.54) is 24.9 Å². The van der Waals surface area contributed by atoms with Crippen molar-refractivity contribution in [3.05, 3.63) is 76.1 Å². The first-order valence-corrected chi connectivity index (χ1v) is 10.7. The predicted molar refractivity (Wildman–Crippen MR) is 120 cm³/mol. The second-order valence-corrected chi connectivity index (χ2v) is 8.29. The summed E-state index contributed by atoms with van der Waals surface area (Å²) in [4.78, 5) is 36.4. The molecular formula is C23H23NO6S. The van der Waals surface area contributed by atoms with Crippen LogP contribution in [0, 0.1) is 0 Å². The Morgan fingerprint density at radius 1 is 1.16 bits per heavy atom. The number of benzene rings is 2. The zero-order chi connectivity index (χ0) is 22.4. The highest BCUT2D eigenvalue weighted by Crippen LogP contribution is 2.34. The SMILES string of the molecule is COc1ccc2cc(C(=O)CC(SCC[C@H](N)C(=O)O)c3ccccc3)c(=O)oc2c1. The Morgan fingerprint density at radius 2 is 1.90 bits per heavy atom. The summed E-state index contributed by atoms with van der Waals surface area (Å²) in [5, 5.41) is 9.34. The maximum atomic E-state index is 13.0. The zero-order valence-electron chi connectivity index (χ0n) is 16.9. The third kappa shape index (κ3) is 5.74. The molecule has 8 heteroatoms. The molecule has 0 saturated carbocycles. The Morgan fingerprint density at radius 3 is 2.58 bits per heavy atom. The van der Waals surface area contributed by atoms with E-state index in [0.717, 1.165) is 5.56 Å². The van der Waals surface area contributed by atoms with E-state index in [2.05, 4.69) is 0 Å². The number of methoxy groups -OCH3 is 1. The predicted octanol–water partition coefficient (Wildman–Crippen LogP) is 3.65. The summed E-state index contributed by atoms with van der Waals surface area (Å²) < 4.78 is 10.5. The molecule has 0 aliphatic carbocycles. The van der Waals surface area contributed by atoms with Crippen LogP contribution >= 0.6 is 11.8 Å². The lowest BCUT2D eigenvalue weighted by Crippen LogP contribution is -2.30. The van der Waals surface area contributed by atoms with Crippen LogP contribution in [0.2, 0.25) is 0 Å². The van der Waals surface area contributed by atoms with Crippen LogP contribution in [0.4, 0.5) is 0 Å². The number of Topliss-reactive ketones (excluding diaryl/α,β-unsaturated/α-hetero) is 1. The molecule has 3 aromatic rings. The minimum absolute atomic E-state index is 0.0126. The van der Waals surface area contributed by atoms with E-state index in [-0.39, 0.29) is 29.4 Å². The smallest absolute Gasteiger partial charge is 0.347 e. The van der Waals surface area contributed by atoms with Crippen molar-refractivity contribution in [2.24, 2.45) is 5.73 Å². The lowest BCUT2D eigenvalue weighted by atomic mass is 10.0. The second kappa shape index (κ2) is 10.3. The molecule has 2 aromatic carbocycles. The van der Waals surface area contributed by atoms with Crippen LogP contribution in [-0.2, 0) is 4.79 Å². The molecule has 7 nitrogen and oxygen atoms in total. The fourth-order valence-corrected chi connectivity index (χ4v) is 4.39. The van der Waals surface area contributed by atoms with Crippen LogP contribution in [0.25, 0.3) is 11.0 Å². The van der Waals surface area contributed by atoms with Crippen LogP contribution in [0.3, 0.4) is 0 Å². The Bertz CT molecular complexity index is 1130. The van der Waals surface area contributed by atoms with Crippen molar-refractivity contribution in [2.75, 3.05) is 12.9 Å². The average molecular weight is 442 g/mol. The molecule has 31 heavy (non-hydrogen) atoms. The molecule has 1 aromatic heterocycles. The third-order valence-electron chi connectivity index (χ3n) is 4.85. The van der Waals surface area contributed by atoms with E-state index in [9.17, 15) is 14.4 Å². The summed E-state index contributed by atoms with van der Waals surface area (Å²) in [7, 11) is 1.52. The van der Waals surface area contributed by atoms with Crippen LogP contribution in [0.15, 0.2) is 63.8 Å². The van der Waals surface area contributed by atoms with Gasteiger partial charge in [0.2, 0.25) is 0 Å². The van der Waals surface area contributed by atoms with Gasteiger partial charge >= 0.3 is 11.6 Å². The van der Waals surface area contributed by atoms with Crippen molar-refractivity contribution in [1.82, 2.24) is 0 Å². The molecule has 0 amide bonds. The number of nitrogens with two attached hydrogens (primary N) is 1. The van der Waals surface area contributed by atoms with E-state index < -0.39 is 17.6 Å². The Kier molecular flexibility index (Phi) is 7.49. The number of carboxylic acid groups (broad SMARTS) is 1. The highest BCUT2D eigenvalue weighted by atomic mass is 32.2. The first-order chi connectivity index (χ1) is 14.9. The lowest BCUT2D eigenvalue weighted by molar-refractivity contribution is -0.138. The standard InChI is InChI=1S/C23H23NO6S/c1-29-16-8-7-15-11-17(23(28)30-20(15)12-16)19(25)13-21(14-5-3-2-4-6-14)31-10-9-18(24)22(26)27/h2-8,11-12,18,21H,9-10,13,24H2,1H3,(H,26,27)/t18-,21?/m0/s1. The molecule has 0 radical (unpaired) electrons. The van der Waals surface area contributed by atoms with Gasteiger partial charge in [-0.3, -0.25) is 9.59 Å². The van der Waals surface area contributed by atoms with Crippen molar-refractivity contribution in [2.45, 2.75) is 24.1 Å². The molecule has 2 atom stereocenters. The molecule has 0 saturated heterocycles. The number of ketones is 1. The number of rotatable bonds is 10. The normalized spacial score (nSPS) is 13.0. The van der Waals surface area contributed by atoms with Gasteiger partial charge in [0.05, 0.1) is 7.11 Å². The molecule has 3 rings (SSSR count). The third-order valence-corrected chi connectivity index (χ3v) is 6.16. The summed E-state index contributed by atoms with van der Waals surface area (Å²) in [6.45, 7) is 0. The monoisotopic (exact) mass is 441 g/mol. The molecule has 0 bridgehead atoms. The number of hydrogen-bond donors (Lipinski definition) is 2. The largest absolute Gasteiger partial charge is 0.497 e. The zero-order valence-corrected chi connectivity index (χ0v) is 17.8. The quantitative estimate of drug-likeness (QED) is 0.361. The molecule has 162 valence electrons. The molecule has 0 aliphatic rings. The van der Waals surface area contributed by atoms with Gasteiger partial charge in [0.25, 0.3) is 0 Å². The molecule has 0 fully saturated rings. The van der Waals surface area contributed by atoms with Crippen molar-refractivity contribution < 1.29 is 23.8 Å². The number of carbonyl (C=O) groups excluding carboxylic acids is 1. The Hall–Kier alpha value is -3.10. The van der Waals surface area contributed by atoms with Gasteiger partial charge in [0.1, 0.15) is 22.9 Å². The van der Waals surface area contributed by atoms with Gasteiger partial charge in [-0.15, -0.1) is 0 Å². The van der Waals surface area contributed by atoms with Crippen LogP contribution < -0.4 is 16.1 Å². The van der Waals surface area contributed by atoms with Gasteiger partial charge in [0.15, 0.2) is 5.78 Å². The van der Waals surface area contributed by atoms with Gasteiger partial charge in [-0.25, -0.2) is 4.79 Å². The van der Waals surface area contributed by atoms with Crippen LogP contribution in [0.1, 0.15) is 34.0 Å². The lowest BCUT2D eigenvalue weighted by Gasteiger charge is -2.17. The van der Waals surface area contributed by atoms with E-state index in [4.69, 9.17) is 20.0 Å². The van der Waals surface area contributed by atoms with Crippen molar-refractivity contribution in [3.8, 4) is 5.75 Å². The van der Waals surface area contributed by atoms with E-state index in [1.807, 2.05) is 30.3 Å². The fraction of sp³-hybridized carbons (Fsp3) is 0.261.